The van der Waals surface area contributed by atoms with Crippen molar-refractivity contribution in [1.29, 1.82) is 0 Å². The van der Waals surface area contributed by atoms with Crippen LogP contribution in [0.4, 0.5) is 11.8 Å². The summed E-state index contributed by atoms with van der Waals surface area (Å²) >= 11 is 0. The molecule has 33 heteroatoms. The molecule has 61 heavy (non-hydrogen) atoms. The number of nitrogen functional groups attached to an aromatic ring is 1. The number of rotatable bonds is 20. The topological polar surface area (TPSA) is 427 Å². The van der Waals surface area contributed by atoms with Gasteiger partial charge < -0.3 is 70.6 Å². The summed E-state index contributed by atoms with van der Waals surface area (Å²) in [5, 5.41) is 35.2. The Kier molecular flexibility index (Phi) is 14.3. The number of phosphoric acid groups is 3. The number of aromatic amines is 2. The van der Waals surface area contributed by atoms with Crippen LogP contribution in [0.15, 0.2) is 29.0 Å². The zero-order valence-electron chi connectivity index (χ0n) is 32.0. The first-order valence-corrected chi connectivity index (χ1v) is 22.2. The van der Waals surface area contributed by atoms with Crippen molar-refractivity contribution in [2.24, 2.45) is 17.8 Å². The zero-order chi connectivity index (χ0) is 44.6. The highest BCUT2D eigenvalue weighted by Crippen LogP contribution is 2.48. The van der Waals surface area contributed by atoms with Gasteiger partial charge in [0.2, 0.25) is 18.0 Å². The molecule has 14 N–H and O–H groups in total. The van der Waals surface area contributed by atoms with Crippen molar-refractivity contribution in [2.75, 3.05) is 52.5 Å². The van der Waals surface area contributed by atoms with E-state index in [0.717, 1.165) is 0 Å². The lowest BCUT2D eigenvalue weighted by Gasteiger charge is -2.22. The maximum Gasteiger partial charge on any atom is 0.472 e. The predicted octanol–water partition coefficient (Wildman–Crippen LogP) is -4.38. The average Bonchev–Trinajstić information content (AvgIpc) is 3.90. The Hall–Kier alpha value is -3.58. The van der Waals surface area contributed by atoms with Gasteiger partial charge in [-0.05, 0) is 0 Å². The van der Waals surface area contributed by atoms with Crippen molar-refractivity contribution < 1.29 is 99.3 Å². The number of ether oxygens (including phenoxy) is 4. The molecule has 6 heterocycles. The normalized spacial score (nSPS) is 28.0. The van der Waals surface area contributed by atoms with Crippen LogP contribution in [0.25, 0.3) is 16.9 Å². The lowest BCUT2D eigenvalue weighted by molar-refractivity contribution is -0.753. The van der Waals surface area contributed by atoms with Crippen LogP contribution in [0.3, 0.4) is 0 Å². The average molecular weight is 935 g/mol. The van der Waals surface area contributed by atoms with Gasteiger partial charge >= 0.3 is 34.9 Å². The molecule has 30 nitrogen and oxygen atoms in total. The molecule has 0 aliphatic carbocycles. The first-order chi connectivity index (χ1) is 28.6. The van der Waals surface area contributed by atoms with Crippen LogP contribution in [-0.2, 0) is 62.3 Å². The number of imidazole rings is 2. The van der Waals surface area contributed by atoms with Crippen molar-refractivity contribution in [3.8, 4) is 0 Å². The van der Waals surface area contributed by atoms with Crippen LogP contribution in [0.2, 0.25) is 0 Å². The Bertz CT molecular complexity index is 2320. The second kappa shape index (κ2) is 18.6. The third-order valence-corrected chi connectivity index (χ3v) is 11.6. The number of guanidine groups is 1. The summed E-state index contributed by atoms with van der Waals surface area (Å²) in [6, 6.07) is 0. The Labute approximate surface area is 342 Å². The number of nitrogens with zero attached hydrogens (tertiary/aromatic N) is 5. The van der Waals surface area contributed by atoms with Crippen molar-refractivity contribution in [3.63, 3.8) is 0 Å². The second-order valence-corrected chi connectivity index (χ2v) is 17.6. The number of H-pyrrole nitrogens is 2. The maximum absolute atomic E-state index is 12.9. The molecule has 3 aromatic heterocycles. The van der Waals surface area contributed by atoms with Crippen LogP contribution in [0, 0.1) is 0 Å². The van der Waals surface area contributed by atoms with E-state index in [1.165, 1.54) is 40.5 Å². The molecule has 2 fully saturated rings. The van der Waals surface area contributed by atoms with Crippen LogP contribution in [0.1, 0.15) is 18.1 Å². The number of anilines is 1. The SMILES string of the molecule is C=C1NC(N)=Nc2c1[nH]c[n+]2[C@@H]1OC(COP(=O)(O)OCC(COP(=O)(O)OC[C@H]2OC([n+]3cn(C)c4c(=O)[nH]c(N)nc43)[C@H](OCCOC)[C@@H]2O)OP(=O)(O)O)[C@@H](O)[C@H]1O. The van der Waals surface area contributed by atoms with Gasteiger partial charge in [-0.3, -0.25) is 41.9 Å². The number of aliphatic hydroxyl groups is 3. The number of hydrogen-bond acceptors (Lipinski definition) is 21. The number of methoxy groups -OCH3 is 1. The van der Waals surface area contributed by atoms with Gasteiger partial charge in [0.15, 0.2) is 18.3 Å². The predicted molar refractivity (Wildman–Crippen MR) is 198 cm³/mol. The fraction of sp³-hybridized carbons (Fsp3) is 0.607. The molecule has 0 bridgehead atoms. The van der Waals surface area contributed by atoms with Crippen LogP contribution in [-0.4, -0.2) is 150 Å². The molecule has 0 amide bonds. The van der Waals surface area contributed by atoms with Gasteiger partial charge in [0.1, 0.15) is 42.7 Å². The Morgan fingerprint density at radius 1 is 0.934 bits per heavy atom. The summed E-state index contributed by atoms with van der Waals surface area (Å²) < 4.78 is 87.9. The fourth-order valence-corrected chi connectivity index (χ4v) is 8.46. The molecule has 0 radical (unpaired) electrons. The molecule has 2 saturated heterocycles. The summed E-state index contributed by atoms with van der Waals surface area (Å²) in [4.78, 5) is 65.7. The Morgan fingerprint density at radius 3 is 2.18 bits per heavy atom. The number of nitrogens with two attached hydrogens (primary N) is 2. The van der Waals surface area contributed by atoms with Crippen molar-refractivity contribution in [3.05, 3.63) is 35.3 Å². The summed E-state index contributed by atoms with van der Waals surface area (Å²) in [6.07, 6.45) is -10.6. The number of hydrogen-bond donors (Lipinski definition) is 12. The zero-order valence-corrected chi connectivity index (χ0v) is 34.7. The molecule has 0 aromatic carbocycles. The van der Waals surface area contributed by atoms with E-state index < -0.39 is 111 Å². The molecule has 11 atom stereocenters. The van der Waals surface area contributed by atoms with Gasteiger partial charge in [-0.2, -0.15) is 0 Å². The van der Waals surface area contributed by atoms with Crippen molar-refractivity contribution in [2.45, 2.75) is 55.2 Å². The number of fused-ring (bicyclic) bond motifs is 2. The second-order valence-electron chi connectivity index (χ2n) is 13.5. The lowest BCUT2D eigenvalue weighted by atomic mass is 10.1. The van der Waals surface area contributed by atoms with Gasteiger partial charge in [0.05, 0.1) is 52.4 Å². The highest BCUT2D eigenvalue weighted by atomic mass is 31.2. The molecule has 3 aliphatic heterocycles. The Balaban J connectivity index is 1.05. The molecular weight excluding hydrogens is 889 g/mol. The maximum atomic E-state index is 12.9. The number of aromatic nitrogens is 6. The number of nitrogens with one attached hydrogen (secondary N) is 3. The van der Waals surface area contributed by atoms with Crippen molar-refractivity contribution in [1.82, 2.24) is 24.8 Å². The number of aliphatic hydroxyl groups excluding tert-OH is 3. The molecule has 340 valence electrons. The van der Waals surface area contributed by atoms with E-state index in [1.807, 2.05) is 0 Å². The minimum Gasteiger partial charge on any atom is -0.387 e. The van der Waals surface area contributed by atoms with Crippen LogP contribution < -0.4 is 31.5 Å². The summed E-state index contributed by atoms with van der Waals surface area (Å²) in [7, 11) is -12.9. The minimum absolute atomic E-state index is 0.0219. The number of aryl methyl sites for hydroxylation is 1. The minimum atomic E-state index is -5.41. The van der Waals surface area contributed by atoms with E-state index >= 15 is 0 Å². The van der Waals surface area contributed by atoms with Gasteiger partial charge in [-0.25, -0.2) is 22.8 Å². The molecule has 6 rings (SSSR count). The lowest BCUT2D eigenvalue weighted by Crippen LogP contribution is -2.47. The highest BCUT2D eigenvalue weighted by molar-refractivity contribution is 7.47. The third-order valence-electron chi connectivity index (χ3n) is 9.15. The van der Waals surface area contributed by atoms with E-state index in [-0.39, 0.29) is 42.1 Å². The first-order valence-electron chi connectivity index (χ1n) is 17.7. The molecule has 5 unspecified atom stereocenters. The van der Waals surface area contributed by atoms with E-state index in [0.29, 0.717) is 11.4 Å². The van der Waals surface area contributed by atoms with Crippen molar-refractivity contribution >= 4 is 58.1 Å². The molecular formula is C28H45N10O20P3+2. The smallest absolute Gasteiger partial charge is 0.387 e. The van der Waals surface area contributed by atoms with Gasteiger partial charge in [0, 0.05) is 7.11 Å². The Morgan fingerprint density at radius 2 is 1.56 bits per heavy atom. The van der Waals surface area contributed by atoms with Crippen LogP contribution >= 0.6 is 23.5 Å². The molecule has 3 aromatic rings. The standard InChI is InChI=1S/C28H43N10O20P3/c1-12-16-22(33-27(29)32-12)37(10-31-16)25-20(41)18(39)14(56-25)8-54-60(46,47)52-6-13(58-59(43,44)45)7-53-61(48,49)55-9-15-19(40)21(51-5-4-50-3)26(57-15)38-11-36(2)17-23(38)34-28(30)35-24(17)42/h10-11,13-15,18-21,25-26,39-41H,1,4-9H2,2-3H3,(H9-,29,30,32,33,34,35,42,43,44,45,46,47,48,49)/p+2/t13?,14?,15-,18-,19-,20-,21-,25-,26?/m1/s1. The highest BCUT2D eigenvalue weighted by Gasteiger charge is 2.50. The third kappa shape index (κ3) is 11.0. The summed E-state index contributed by atoms with van der Waals surface area (Å²) in [5.74, 6) is -0.0635. The van der Waals surface area contributed by atoms with E-state index in [9.17, 15) is 53.4 Å². The molecule has 0 saturated carbocycles. The van der Waals surface area contributed by atoms with Crippen LogP contribution in [0.5, 0.6) is 0 Å². The largest absolute Gasteiger partial charge is 0.472 e. The van der Waals surface area contributed by atoms with Gasteiger partial charge in [-0.1, -0.05) is 16.6 Å². The number of phosphoric ester groups is 3. The number of aliphatic imine (C=N–C) groups is 1. The summed E-state index contributed by atoms with van der Waals surface area (Å²) in [6.45, 7) is -0.257. The first kappa shape index (κ1) is 46.9. The van der Waals surface area contributed by atoms with E-state index in [4.69, 9.17) is 48.5 Å². The fourth-order valence-electron chi connectivity index (χ4n) is 6.42. The monoisotopic (exact) mass is 934 g/mol. The van der Waals surface area contributed by atoms with E-state index in [1.54, 1.807) is 0 Å². The van der Waals surface area contributed by atoms with E-state index in [2.05, 4.69) is 36.4 Å². The van der Waals surface area contributed by atoms with Gasteiger partial charge in [-0.15, -0.1) is 0 Å². The molecule has 0 spiro atoms. The molecule has 3 aliphatic rings. The van der Waals surface area contributed by atoms with Gasteiger partial charge in [0.25, 0.3) is 17.5 Å². The summed E-state index contributed by atoms with van der Waals surface area (Å²) in [5.41, 5.74) is 11.8. The quantitative estimate of drug-likeness (QED) is 0.0289.